The number of ether oxygens (including phenoxy) is 8. The highest BCUT2D eigenvalue weighted by molar-refractivity contribution is 7.53. The number of aromatic nitrogens is 4. The molecule has 0 saturated carbocycles. The van der Waals surface area contributed by atoms with Crippen molar-refractivity contribution in [3.05, 3.63) is 212 Å². The minimum atomic E-state index is -4.29. The Morgan fingerprint density at radius 2 is 0.604 bits per heavy atom. The van der Waals surface area contributed by atoms with E-state index in [4.69, 9.17) is 74.1 Å². The number of alkyl halides is 4. The maximum atomic E-state index is 15.5. The van der Waals surface area contributed by atoms with Gasteiger partial charge in [0.2, 0.25) is 11.8 Å². The number of carbonyl (C=O) groups excluding carboxylic acids is 8. The number of amides is 2. The Kier molecular flexibility index (Phi) is 42.1. The number of nitrogens with zero attached hydrogens (tertiary/aromatic N) is 4. The number of para-hydroxylation sites is 4. The number of carbonyl (C=O) groups is 8. The number of esters is 4. The number of nitrogens with one attached hydrogen (secondary N) is 6. The van der Waals surface area contributed by atoms with Gasteiger partial charge >= 0.3 is 66.2 Å². The Bertz CT molecular complexity index is 5530. The minimum absolute atomic E-state index is 0.156. The summed E-state index contributed by atoms with van der Waals surface area (Å²) in [6, 6.07) is 29.6. The average molecular weight is 2120 g/mol. The van der Waals surface area contributed by atoms with E-state index < -0.39 is 261 Å². The molecule has 0 unspecified atom stereocenters. The number of aromatic amines is 2. The maximum Gasteiger partial charge on any atom is 0.459 e. The lowest BCUT2D eigenvalue weighted by atomic mass is 9.97. The maximum absolute atomic E-state index is 15.5. The largest absolute Gasteiger partial charge is 0.465 e. The summed E-state index contributed by atoms with van der Waals surface area (Å²) in [6.07, 6.45) is -11.1. The van der Waals surface area contributed by atoms with Crippen molar-refractivity contribution >= 4 is 78.2 Å². The predicted octanol–water partition coefficient (Wildman–Crippen LogP) is 7.82. The van der Waals surface area contributed by atoms with Crippen molar-refractivity contribution in [2.24, 2.45) is 0 Å². The van der Waals surface area contributed by atoms with Crippen molar-refractivity contribution < 1.29 is 169 Å². The van der Waals surface area contributed by atoms with Crippen LogP contribution < -0.4 is 60.9 Å². The molecule has 0 aliphatic carbocycles. The number of hydrogen-bond donors (Lipinski definition) is 10. The topological polar surface area (TPSA) is 598 Å². The van der Waals surface area contributed by atoms with Gasteiger partial charge in [0, 0.05) is 36.9 Å². The number of rotatable bonds is 44. The van der Waals surface area contributed by atoms with Gasteiger partial charge in [-0.05, 0) is 142 Å². The lowest BCUT2D eigenvalue weighted by Crippen LogP contribution is -2.51. The molecule has 6 aliphatic rings. The molecule has 54 heteroatoms. The SMILES string of the molecule is CCCOC(=O)[C@H](C)N[P@@](=O)(OC[C@H]1O[C@@H](N2C=CC(=O)CC2=O)[C@](C)(F)[C@@H]1O)Oc1ccccc1.CCCOC(=O)[C@H](C)N[P@@](=O)(OC[C@H]1O[C@@H](n2ccc(=O)[nH]c2=O)[C@](C)(F)[C@@H]1O)Oc1ccccc1.CCCOC(=O)[C@H](C)N[P@](=O)(OC[C@H]1O[C@@H](N2C=CC(=O)CC2=O)[C@](C)(F)[C@@H]1O)Oc1ccccc1.CCCOC(=O)[C@H](C)N[P@](=O)(OC[C@H]1O[C@@H](n2ccc(=O)[nH]c2=O)[C@](C)(F)[C@@H]1O)Oc1ccccc1. The van der Waals surface area contributed by atoms with Crippen LogP contribution in [0.4, 0.5) is 17.6 Å². The number of ketones is 2. The number of hydrogen-bond acceptors (Lipinski definition) is 36. The molecule has 10 N–H and O–H groups in total. The molecule has 12 rings (SSSR count). The van der Waals surface area contributed by atoms with Gasteiger partial charge in [-0.25, -0.2) is 45.4 Å². The first-order valence-electron chi connectivity index (χ1n) is 45.4. The molecule has 4 saturated heterocycles. The summed E-state index contributed by atoms with van der Waals surface area (Å²) in [7, 11) is -17.1. The number of aliphatic hydroxyl groups is 4. The second-order valence-electron chi connectivity index (χ2n) is 33.9. The fourth-order valence-corrected chi connectivity index (χ4v) is 20.1. The molecular weight excluding hydrogens is 2000 g/mol. The molecule has 4 fully saturated rings. The summed E-state index contributed by atoms with van der Waals surface area (Å²) in [5, 5.41) is 52.2. The molecule has 46 nitrogen and oxygen atoms in total. The van der Waals surface area contributed by atoms with E-state index in [2.05, 4.69) is 20.3 Å². The van der Waals surface area contributed by atoms with Crippen LogP contribution in [0.2, 0.25) is 0 Å². The van der Waals surface area contributed by atoms with Crippen molar-refractivity contribution in [3.63, 3.8) is 0 Å². The molecule has 4 aromatic carbocycles. The van der Waals surface area contributed by atoms with Crippen LogP contribution in [0.25, 0.3) is 0 Å². The van der Waals surface area contributed by atoms with Crippen LogP contribution in [0.1, 0.15) is 134 Å². The zero-order valence-electron chi connectivity index (χ0n) is 80.2. The third kappa shape index (κ3) is 31.6. The van der Waals surface area contributed by atoms with Crippen LogP contribution in [0.15, 0.2) is 190 Å². The van der Waals surface area contributed by atoms with Gasteiger partial charge in [-0.1, -0.05) is 100 Å². The van der Waals surface area contributed by atoms with Crippen LogP contribution in [0, 0.1) is 0 Å². The first-order valence-corrected chi connectivity index (χ1v) is 51.6. The van der Waals surface area contributed by atoms with Gasteiger partial charge in [-0.15, -0.1) is 0 Å². The van der Waals surface area contributed by atoms with Gasteiger partial charge in [0.1, 0.15) is 96.0 Å². The molecule has 6 aliphatic heterocycles. The van der Waals surface area contributed by atoms with E-state index in [0.717, 1.165) is 95.7 Å². The van der Waals surface area contributed by atoms with E-state index in [9.17, 15) is 96.2 Å². The third-order valence-corrected chi connectivity index (χ3v) is 28.4. The highest BCUT2D eigenvalue weighted by Gasteiger charge is 2.61. The lowest BCUT2D eigenvalue weighted by molar-refractivity contribution is -0.151. The van der Waals surface area contributed by atoms with Crippen LogP contribution >= 0.6 is 31.0 Å². The quantitative estimate of drug-likeness (QED) is 0.00572. The Labute approximate surface area is 822 Å². The lowest BCUT2D eigenvalue weighted by Gasteiger charge is -2.32. The van der Waals surface area contributed by atoms with E-state index >= 15 is 17.6 Å². The fraction of sp³-hybridized carbons (Fsp3) is 0.511. The molecule has 144 heavy (non-hydrogen) atoms. The number of halogens is 4. The molecular formula is C90H118F4N10O36P4. The molecule has 0 bridgehead atoms. The van der Waals surface area contributed by atoms with E-state index in [1.807, 2.05) is 37.7 Å². The fourth-order valence-electron chi connectivity index (χ4n) is 14.1. The minimum Gasteiger partial charge on any atom is -0.465 e. The van der Waals surface area contributed by atoms with E-state index in [-0.39, 0.29) is 49.4 Å². The summed E-state index contributed by atoms with van der Waals surface area (Å²) < 4.78 is 204. The van der Waals surface area contributed by atoms with Crippen molar-refractivity contribution in [2.45, 2.75) is 242 Å². The summed E-state index contributed by atoms with van der Waals surface area (Å²) in [6.45, 7) is 15.2. The van der Waals surface area contributed by atoms with E-state index in [0.29, 0.717) is 25.7 Å². The smallest absolute Gasteiger partial charge is 0.459 e. The van der Waals surface area contributed by atoms with Crippen molar-refractivity contribution in [2.75, 3.05) is 52.9 Å². The molecule has 6 aromatic rings. The Morgan fingerprint density at radius 1 is 0.382 bits per heavy atom. The molecule has 0 radical (unpaired) electrons. The highest BCUT2D eigenvalue weighted by atomic mass is 31.2. The van der Waals surface area contributed by atoms with Crippen LogP contribution in [0.5, 0.6) is 23.0 Å². The van der Waals surface area contributed by atoms with Gasteiger partial charge in [0.05, 0.1) is 65.7 Å². The third-order valence-electron chi connectivity index (χ3n) is 21.8. The highest BCUT2D eigenvalue weighted by Crippen LogP contribution is 2.53. The first kappa shape index (κ1) is 117. The number of H-pyrrole nitrogens is 2. The average Bonchev–Trinajstić information content (AvgIpc) is 1.63. The van der Waals surface area contributed by atoms with Gasteiger partial charge in [-0.2, -0.15) is 20.3 Å². The number of allylic oxidation sites excluding steroid dienone is 2. The summed E-state index contributed by atoms with van der Waals surface area (Å²) in [4.78, 5) is 149. The van der Waals surface area contributed by atoms with Crippen molar-refractivity contribution in [1.29, 1.82) is 0 Å². The first-order chi connectivity index (χ1) is 67.9. The van der Waals surface area contributed by atoms with Crippen molar-refractivity contribution in [3.8, 4) is 23.0 Å². The van der Waals surface area contributed by atoms with Crippen LogP contribution in [-0.4, -0.2) is 258 Å². The van der Waals surface area contributed by atoms with Crippen LogP contribution in [0.3, 0.4) is 0 Å². The normalized spacial score (nSPS) is 27.4. The molecule has 2 aromatic heterocycles. The number of aliphatic hydroxyl groups excluding tert-OH is 4. The van der Waals surface area contributed by atoms with Gasteiger partial charge in [0.15, 0.2) is 59.2 Å². The summed E-state index contributed by atoms with van der Waals surface area (Å²) in [5.74, 6) is -4.37. The Hall–Kier alpha value is -10.9. The monoisotopic (exact) mass is 2110 g/mol. The van der Waals surface area contributed by atoms with Gasteiger partial charge in [-0.3, -0.25) is 94.9 Å². The van der Waals surface area contributed by atoms with Gasteiger partial charge in [0.25, 0.3) is 11.1 Å². The zero-order valence-corrected chi connectivity index (χ0v) is 83.8. The molecule has 24 atom stereocenters. The zero-order chi connectivity index (χ0) is 106. The molecule has 8 heterocycles. The molecule has 0 spiro atoms. The Morgan fingerprint density at radius 3 is 0.819 bits per heavy atom. The standard InChI is InChI=1S/2C23H30FN2O9P.2C22H29FN3O9P/c2*1-4-12-32-21(30)15(2)25-36(31,35-17-8-6-5-7-9-17)33-14-18-20(29)23(3,24)22(34-18)26-11-10-16(27)13-19(26)28;2*1-4-12-32-19(29)14(2)25-36(31,35-15-8-6-5-7-9-15)33-13-16-18(28)22(3,23)20(34-16)26-11-10-17(27)24-21(26)30/h2*5-11,15,18,20,22,29H,4,12-14H2,1-3H3,(H,25,31);2*5-11,14,16,18,20,28H,4,12-13H2,1-3H3,(H,25,31)(H,24,27,30)/t15-,18+,20+,22+,23+,36+;15-,18+,20+,22+,23+,36-;14-,16+,18+,20+,22+,36+;14-,16+,18+,20+,22+,36-/m0000/s1. The predicted molar refractivity (Wildman–Crippen MR) is 499 cm³/mol. The van der Waals surface area contributed by atoms with E-state index in [1.54, 1.807) is 72.8 Å². The molecule has 2 amide bonds. The molecule has 792 valence electrons. The van der Waals surface area contributed by atoms with Gasteiger partial charge < -0.3 is 76.4 Å². The second kappa shape index (κ2) is 51.9. The Balaban J connectivity index is 0.000000214. The summed E-state index contributed by atoms with van der Waals surface area (Å²) in [5.41, 5.74) is -13.1. The van der Waals surface area contributed by atoms with Crippen molar-refractivity contribution in [1.82, 2.24) is 49.3 Å². The van der Waals surface area contributed by atoms with E-state index in [1.165, 1.54) is 76.2 Å². The second-order valence-corrected chi connectivity index (χ2v) is 40.7. The number of benzene rings is 4. The van der Waals surface area contributed by atoms with Crippen LogP contribution in [-0.2, 0) is 113 Å². The summed E-state index contributed by atoms with van der Waals surface area (Å²) >= 11 is 0.